The summed E-state index contributed by atoms with van der Waals surface area (Å²) in [4.78, 5) is 0. The van der Waals surface area contributed by atoms with Gasteiger partial charge < -0.3 is 10.4 Å². The predicted molar refractivity (Wildman–Crippen MR) is 77.7 cm³/mol. The van der Waals surface area contributed by atoms with Gasteiger partial charge in [-0.3, -0.25) is 0 Å². The molecule has 2 heteroatoms. The van der Waals surface area contributed by atoms with Gasteiger partial charge in [0.05, 0.1) is 5.60 Å². The van der Waals surface area contributed by atoms with Gasteiger partial charge >= 0.3 is 0 Å². The van der Waals surface area contributed by atoms with Crippen molar-refractivity contribution in [3.05, 3.63) is 35.4 Å². The van der Waals surface area contributed by atoms with Gasteiger partial charge in [0.2, 0.25) is 0 Å². The van der Waals surface area contributed by atoms with Crippen molar-refractivity contribution in [2.75, 3.05) is 6.54 Å². The molecule has 0 aliphatic carbocycles. The molecule has 1 aromatic carbocycles. The van der Waals surface area contributed by atoms with Gasteiger partial charge in [-0.2, -0.15) is 0 Å². The molecule has 1 aromatic rings. The van der Waals surface area contributed by atoms with Crippen LogP contribution >= 0.6 is 0 Å². The molecular weight excluding hydrogens is 222 g/mol. The molecule has 0 fully saturated rings. The molecule has 2 nitrogen and oxygen atoms in total. The SMILES string of the molecule is CC(C)Cc1cccc(C(C)(O)CNC(C)C)c1. The van der Waals surface area contributed by atoms with Crippen molar-refractivity contribution in [2.24, 2.45) is 5.92 Å². The van der Waals surface area contributed by atoms with E-state index in [4.69, 9.17) is 0 Å². The lowest BCUT2D eigenvalue weighted by Crippen LogP contribution is -2.38. The maximum atomic E-state index is 10.5. The van der Waals surface area contributed by atoms with Crippen molar-refractivity contribution in [2.45, 2.75) is 52.7 Å². The molecule has 0 aromatic heterocycles. The van der Waals surface area contributed by atoms with Crippen LogP contribution in [0.3, 0.4) is 0 Å². The van der Waals surface area contributed by atoms with Crippen LogP contribution in [-0.2, 0) is 12.0 Å². The number of hydrogen-bond donors (Lipinski definition) is 2. The summed E-state index contributed by atoms with van der Waals surface area (Å²) in [5, 5.41) is 13.8. The first-order valence-electron chi connectivity index (χ1n) is 6.86. The molecule has 0 saturated carbocycles. The Hall–Kier alpha value is -0.860. The lowest BCUT2D eigenvalue weighted by Gasteiger charge is -2.26. The van der Waals surface area contributed by atoms with E-state index >= 15 is 0 Å². The smallest absolute Gasteiger partial charge is 0.0992 e. The van der Waals surface area contributed by atoms with Crippen molar-refractivity contribution in [1.29, 1.82) is 0 Å². The molecule has 0 bridgehead atoms. The highest BCUT2D eigenvalue weighted by Gasteiger charge is 2.23. The van der Waals surface area contributed by atoms with Gasteiger partial charge in [0.1, 0.15) is 0 Å². The molecule has 102 valence electrons. The molecule has 1 atom stereocenters. The van der Waals surface area contributed by atoms with Gasteiger partial charge in [-0.25, -0.2) is 0 Å². The van der Waals surface area contributed by atoms with Crippen molar-refractivity contribution in [3.8, 4) is 0 Å². The van der Waals surface area contributed by atoms with Crippen molar-refractivity contribution >= 4 is 0 Å². The molecule has 0 aliphatic heterocycles. The van der Waals surface area contributed by atoms with Gasteiger partial charge in [-0.15, -0.1) is 0 Å². The van der Waals surface area contributed by atoms with Gasteiger partial charge in [0.25, 0.3) is 0 Å². The molecule has 0 amide bonds. The van der Waals surface area contributed by atoms with E-state index in [9.17, 15) is 5.11 Å². The lowest BCUT2D eigenvalue weighted by molar-refractivity contribution is 0.0548. The monoisotopic (exact) mass is 249 g/mol. The summed E-state index contributed by atoms with van der Waals surface area (Å²) in [5.74, 6) is 0.638. The Bertz CT molecular complexity index is 369. The average molecular weight is 249 g/mol. The fourth-order valence-corrected chi connectivity index (χ4v) is 2.01. The van der Waals surface area contributed by atoms with E-state index in [1.54, 1.807) is 0 Å². The highest BCUT2D eigenvalue weighted by Crippen LogP contribution is 2.22. The van der Waals surface area contributed by atoms with Crippen LogP contribution in [0, 0.1) is 5.92 Å². The van der Waals surface area contributed by atoms with E-state index in [-0.39, 0.29) is 0 Å². The average Bonchev–Trinajstić information content (AvgIpc) is 2.26. The lowest BCUT2D eigenvalue weighted by atomic mass is 9.92. The van der Waals surface area contributed by atoms with E-state index in [1.165, 1.54) is 5.56 Å². The molecule has 1 unspecified atom stereocenters. The Morgan fingerprint density at radius 3 is 2.44 bits per heavy atom. The molecule has 0 aliphatic rings. The first kappa shape index (κ1) is 15.2. The third kappa shape index (κ3) is 4.79. The predicted octanol–water partition coefficient (Wildman–Crippen LogP) is 3.09. The van der Waals surface area contributed by atoms with Gasteiger partial charge in [0, 0.05) is 12.6 Å². The van der Waals surface area contributed by atoms with Gasteiger partial charge in [-0.1, -0.05) is 52.0 Å². The number of hydrogen-bond acceptors (Lipinski definition) is 2. The summed E-state index contributed by atoms with van der Waals surface area (Å²) in [6, 6.07) is 8.69. The minimum absolute atomic E-state index is 0.385. The Balaban J connectivity index is 2.80. The number of benzene rings is 1. The molecule has 18 heavy (non-hydrogen) atoms. The zero-order chi connectivity index (χ0) is 13.8. The molecule has 0 spiro atoms. The van der Waals surface area contributed by atoms with Crippen LogP contribution in [0.5, 0.6) is 0 Å². The topological polar surface area (TPSA) is 32.3 Å². The summed E-state index contributed by atoms with van der Waals surface area (Å²) >= 11 is 0. The van der Waals surface area contributed by atoms with Crippen LogP contribution in [0.1, 0.15) is 45.7 Å². The van der Waals surface area contributed by atoms with Crippen LogP contribution in [0.25, 0.3) is 0 Å². The largest absolute Gasteiger partial charge is 0.384 e. The number of rotatable bonds is 6. The van der Waals surface area contributed by atoms with Crippen molar-refractivity contribution in [3.63, 3.8) is 0 Å². The minimum Gasteiger partial charge on any atom is -0.384 e. The van der Waals surface area contributed by atoms with Crippen LogP contribution in [0.4, 0.5) is 0 Å². The summed E-state index contributed by atoms with van der Waals surface area (Å²) in [6.45, 7) is 11.1. The number of nitrogens with one attached hydrogen (secondary N) is 1. The zero-order valence-electron chi connectivity index (χ0n) is 12.3. The maximum Gasteiger partial charge on any atom is 0.0992 e. The second kappa shape index (κ2) is 6.35. The van der Waals surface area contributed by atoms with Gasteiger partial charge in [-0.05, 0) is 30.4 Å². The molecular formula is C16H27NO. The van der Waals surface area contributed by atoms with Crippen LogP contribution in [-0.4, -0.2) is 17.7 Å². The van der Waals surface area contributed by atoms with Crippen LogP contribution < -0.4 is 5.32 Å². The second-order valence-electron chi connectivity index (χ2n) is 6.11. The number of aliphatic hydroxyl groups is 1. The maximum absolute atomic E-state index is 10.5. The third-order valence-electron chi connectivity index (χ3n) is 3.05. The normalized spacial score (nSPS) is 15.1. The molecule has 0 radical (unpaired) electrons. The summed E-state index contributed by atoms with van der Waals surface area (Å²) in [5.41, 5.74) is 1.48. The van der Waals surface area contributed by atoms with E-state index < -0.39 is 5.60 Å². The van der Waals surface area contributed by atoms with Crippen molar-refractivity contribution in [1.82, 2.24) is 5.32 Å². The standard InChI is InChI=1S/C16H27NO/c1-12(2)9-14-7-6-8-15(10-14)16(5,18)11-17-13(3)4/h6-8,10,12-13,17-18H,9,11H2,1-5H3. The Labute approximate surface area is 111 Å². The quantitative estimate of drug-likeness (QED) is 0.812. The first-order valence-corrected chi connectivity index (χ1v) is 6.86. The van der Waals surface area contributed by atoms with Gasteiger partial charge in [0.15, 0.2) is 0 Å². The van der Waals surface area contributed by atoms with E-state index in [2.05, 4.69) is 45.1 Å². The summed E-state index contributed by atoms with van der Waals surface area (Å²) in [7, 11) is 0. The van der Waals surface area contributed by atoms with Crippen molar-refractivity contribution < 1.29 is 5.11 Å². The minimum atomic E-state index is -0.808. The first-order chi connectivity index (χ1) is 8.31. The molecule has 2 N–H and O–H groups in total. The van der Waals surface area contributed by atoms with E-state index in [0.717, 1.165) is 12.0 Å². The fraction of sp³-hybridized carbons (Fsp3) is 0.625. The molecule has 0 heterocycles. The summed E-state index contributed by atoms with van der Waals surface area (Å²) in [6.07, 6.45) is 1.06. The Morgan fingerprint density at radius 1 is 1.22 bits per heavy atom. The highest BCUT2D eigenvalue weighted by molar-refractivity contribution is 5.28. The molecule has 0 saturated heterocycles. The third-order valence-corrected chi connectivity index (χ3v) is 3.05. The van der Waals surface area contributed by atoms with Crippen LogP contribution in [0.2, 0.25) is 0 Å². The second-order valence-corrected chi connectivity index (χ2v) is 6.11. The fourth-order valence-electron chi connectivity index (χ4n) is 2.01. The zero-order valence-corrected chi connectivity index (χ0v) is 12.3. The Kier molecular flexibility index (Phi) is 5.36. The molecule has 1 rings (SSSR count). The van der Waals surface area contributed by atoms with Crippen LogP contribution in [0.15, 0.2) is 24.3 Å². The van der Waals surface area contributed by atoms with E-state index in [1.807, 2.05) is 19.1 Å². The summed E-state index contributed by atoms with van der Waals surface area (Å²) < 4.78 is 0. The Morgan fingerprint density at radius 2 is 1.89 bits per heavy atom. The highest BCUT2D eigenvalue weighted by atomic mass is 16.3. The van der Waals surface area contributed by atoms with E-state index in [0.29, 0.717) is 18.5 Å².